The van der Waals surface area contributed by atoms with Crippen LogP contribution in [-0.4, -0.2) is 53.7 Å². The lowest BCUT2D eigenvalue weighted by Crippen LogP contribution is -2.31. The van der Waals surface area contributed by atoms with Crippen LogP contribution in [0.15, 0.2) is 61.1 Å². The van der Waals surface area contributed by atoms with Gasteiger partial charge in [-0.2, -0.15) is 0 Å². The van der Waals surface area contributed by atoms with Crippen molar-refractivity contribution in [3.63, 3.8) is 0 Å². The number of carbonyl (C=O) groups excluding carboxylic acids is 2. The first-order valence-corrected chi connectivity index (χ1v) is 14.6. The molecule has 40 heavy (non-hydrogen) atoms. The van der Waals surface area contributed by atoms with E-state index in [4.69, 9.17) is 4.74 Å². The highest BCUT2D eigenvalue weighted by Crippen LogP contribution is 2.30. The van der Waals surface area contributed by atoms with Crippen LogP contribution in [-0.2, 0) is 19.4 Å². The summed E-state index contributed by atoms with van der Waals surface area (Å²) in [5.74, 6) is 0.547. The number of aryl methyl sites for hydroxylation is 2. The van der Waals surface area contributed by atoms with E-state index in [-0.39, 0.29) is 18.9 Å². The average molecular weight is 563 g/mol. The largest absolute Gasteiger partial charge is 0.455 e. The highest BCUT2D eigenvalue weighted by molar-refractivity contribution is 7.91. The molecular formula is C28H30N6O5S. The summed E-state index contributed by atoms with van der Waals surface area (Å²) in [5.41, 5.74) is 3.91. The number of rotatable bonds is 11. The predicted octanol–water partition coefficient (Wildman–Crippen LogP) is 4.06. The van der Waals surface area contributed by atoms with Gasteiger partial charge in [0.25, 0.3) is 0 Å². The van der Waals surface area contributed by atoms with Gasteiger partial charge in [-0.1, -0.05) is 0 Å². The van der Waals surface area contributed by atoms with E-state index in [1.54, 1.807) is 24.4 Å². The summed E-state index contributed by atoms with van der Waals surface area (Å²) in [6.07, 6.45) is 4.66. The van der Waals surface area contributed by atoms with Crippen LogP contribution in [0, 0.1) is 13.8 Å². The fraction of sp³-hybridized carbons (Fsp3) is 0.250. The first-order valence-electron chi connectivity index (χ1n) is 12.5. The maximum atomic E-state index is 12.4. The van der Waals surface area contributed by atoms with Gasteiger partial charge in [0, 0.05) is 41.7 Å². The number of hydrogen-bond acceptors (Lipinski definition) is 9. The zero-order valence-electron chi connectivity index (χ0n) is 22.4. The minimum absolute atomic E-state index is 0.153. The summed E-state index contributed by atoms with van der Waals surface area (Å²) in [5, 5.41) is 9.38. The second kappa shape index (κ2) is 12.5. The van der Waals surface area contributed by atoms with Crippen LogP contribution in [0.2, 0.25) is 0 Å². The number of anilines is 3. The minimum atomic E-state index is -3.39. The Labute approximate surface area is 232 Å². The zero-order chi connectivity index (χ0) is 28.7. The third-order valence-corrected chi connectivity index (χ3v) is 6.55. The average Bonchev–Trinajstić information content (AvgIpc) is 2.89. The Morgan fingerprint density at radius 3 is 2.45 bits per heavy atom. The smallest absolute Gasteiger partial charge is 0.235 e. The molecule has 4 aromatic rings. The molecule has 0 saturated carbocycles. The lowest BCUT2D eigenvalue weighted by atomic mass is 10.1. The maximum absolute atomic E-state index is 12.4. The number of nitrogens with zero attached hydrogens (tertiary/aromatic N) is 3. The van der Waals surface area contributed by atoms with E-state index >= 15 is 0 Å². The molecule has 0 atom stereocenters. The number of carbonyl (C=O) groups is 2. The van der Waals surface area contributed by atoms with Crippen molar-refractivity contribution in [3.8, 4) is 11.5 Å². The molecule has 0 saturated heterocycles. The number of sulfone groups is 1. The number of fused-ring (bicyclic) bond motifs is 1. The molecule has 0 unspecified atom stereocenters. The van der Waals surface area contributed by atoms with Gasteiger partial charge in [-0.3, -0.25) is 14.6 Å². The van der Waals surface area contributed by atoms with Gasteiger partial charge in [0.2, 0.25) is 11.8 Å². The Bertz CT molecular complexity index is 1640. The quantitative estimate of drug-likeness (QED) is 0.230. The van der Waals surface area contributed by atoms with Crippen LogP contribution in [0.5, 0.6) is 11.5 Å². The molecule has 11 nitrogen and oxygen atoms in total. The SMILES string of the molecule is Cc1ccc(Oc2ccc(Nc3ncnc4ccc(NC(=O)CCCNC(=O)CS(C)(=O)=O)cc34)cc2C)cn1. The van der Waals surface area contributed by atoms with E-state index in [2.05, 4.69) is 30.9 Å². The molecule has 2 amide bonds. The van der Waals surface area contributed by atoms with Crippen molar-refractivity contribution in [2.75, 3.05) is 29.2 Å². The molecule has 3 N–H and O–H groups in total. The third kappa shape index (κ3) is 8.21. The summed E-state index contributed by atoms with van der Waals surface area (Å²) >= 11 is 0. The first-order chi connectivity index (χ1) is 19.1. The Kier molecular flexibility index (Phi) is 8.90. The summed E-state index contributed by atoms with van der Waals surface area (Å²) < 4.78 is 28.3. The van der Waals surface area contributed by atoms with Gasteiger partial charge in [-0.15, -0.1) is 0 Å². The van der Waals surface area contributed by atoms with Crippen LogP contribution in [0.25, 0.3) is 10.9 Å². The topological polar surface area (TPSA) is 152 Å². The minimum Gasteiger partial charge on any atom is -0.455 e. The molecule has 0 aliphatic rings. The van der Waals surface area contributed by atoms with Gasteiger partial charge in [-0.25, -0.2) is 18.4 Å². The van der Waals surface area contributed by atoms with Crippen molar-refractivity contribution in [1.29, 1.82) is 0 Å². The molecule has 12 heteroatoms. The molecule has 2 aromatic heterocycles. The molecule has 208 valence electrons. The number of hydrogen-bond donors (Lipinski definition) is 3. The van der Waals surface area contributed by atoms with Crippen molar-refractivity contribution in [3.05, 3.63) is 72.3 Å². The summed E-state index contributed by atoms with van der Waals surface area (Å²) in [4.78, 5) is 37.0. The third-order valence-electron chi connectivity index (χ3n) is 5.76. The van der Waals surface area contributed by atoms with E-state index in [9.17, 15) is 18.0 Å². The Morgan fingerprint density at radius 2 is 1.73 bits per heavy atom. The van der Waals surface area contributed by atoms with E-state index < -0.39 is 21.5 Å². The van der Waals surface area contributed by atoms with Crippen LogP contribution >= 0.6 is 0 Å². The second-order valence-electron chi connectivity index (χ2n) is 9.37. The van der Waals surface area contributed by atoms with Crippen molar-refractivity contribution < 1.29 is 22.7 Å². The fourth-order valence-corrected chi connectivity index (χ4v) is 4.42. The molecule has 0 radical (unpaired) electrons. The Balaban J connectivity index is 1.38. The van der Waals surface area contributed by atoms with Gasteiger partial charge in [0.05, 0.1) is 11.7 Å². The van der Waals surface area contributed by atoms with Crippen LogP contribution < -0.4 is 20.7 Å². The van der Waals surface area contributed by atoms with Gasteiger partial charge in [-0.05, 0) is 74.4 Å². The molecule has 4 rings (SSSR count). The number of aromatic nitrogens is 3. The highest BCUT2D eigenvalue weighted by atomic mass is 32.2. The Morgan fingerprint density at radius 1 is 0.925 bits per heavy atom. The van der Waals surface area contributed by atoms with E-state index in [0.29, 0.717) is 34.9 Å². The summed E-state index contributed by atoms with van der Waals surface area (Å²) in [6, 6.07) is 14.8. The summed E-state index contributed by atoms with van der Waals surface area (Å²) in [7, 11) is -3.39. The number of pyridine rings is 1. The van der Waals surface area contributed by atoms with Crippen LogP contribution in [0.4, 0.5) is 17.2 Å². The lowest BCUT2D eigenvalue weighted by molar-refractivity contribution is -0.119. The van der Waals surface area contributed by atoms with Crippen molar-refractivity contribution in [2.24, 2.45) is 0 Å². The number of amides is 2. The molecule has 2 heterocycles. The van der Waals surface area contributed by atoms with Gasteiger partial charge in [0.1, 0.15) is 29.4 Å². The summed E-state index contributed by atoms with van der Waals surface area (Å²) in [6.45, 7) is 4.07. The molecule has 2 aromatic carbocycles. The normalized spacial score (nSPS) is 11.2. The second-order valence-corrected chi connectivity index (χ2v) is 11.5. The number of benzene rings is 2. The van der Waals surface area contributed by atoms with Crippen molar-refractivity contribution in [1.82, 2.24) is 20.3 Å². The monoisotopic (exact) mass is 562 g/mol. The molecule has 0 bridgehead atoms. The predicted molar refractivity (Wildman–Crippen MR) is 154 cm³/mol. The number of ether oxygens (including phenoxy) is 1. The van der Waals surface area contributed by atoms with Gasteiger partial charge in [0.15, 0.2) is 9.84 Å². The van der Waals surface area contributed by atoms with Gasteiger partial charge >= 0.3 is 0 Å². The molecule has 0 spiro atoms. The Hall–Kier alpha value is -4.58. The molecule has 0 aliphatic carbocycles. The standard InChI is InChI=1S/C28H30N6O5S/c1-18-13-20(8-11-25(18)39-22-9-6-19(2)30-15-22)34-28-23-14-21(7-10-24(23)31-17-32-28)33-26(35)5-4-12-29-27(36)16-40(3,37)38/h6-11,13-15,17H,4-5,12,16H2,1-3H3,(H,29,36)(H,33,35)(H,31,32,34). The van der Waals surface area contributed by atoms with E-state index in [1.165, 1.54) is 6.33 Å². The van der Waals surface area contributed by atoms with Gasteiger partial charge < -0.3 is 20.7 Å². The maximum Gasteiger partial charge on any atom is 0.235 e. The lowest BCUT2D eigenvalue weighted by Gasteiger charge is -2.13. The molecule has 0 aliphatic heterocycles. The van der Waals surface area contributed by atoms with E-state index in [1.807, 2.05) is 44.2 Å². The highest BCUT2D eigenvalue weighted by Gasteiger charge is 2.12. The van der Waals surface area contributed by atoms with E-state index in [0.717, 1.165) is 28.6 Å². The molecular weight excluding hydrogens is 532 g/mol. The first kappa shape index (κ1) is 28.4. The number of nitrogens with one attached hydrogen (secondary N) is 3. The van der Waals surface area contributed by atoms with Crippen molar-refractivity contribution in [2.45, 2.75) is 26.7 Å². The van der Waals surface area contributed by atoms with Crippen molar-refractivity contribution >= 4 is 49.7 Å². The molecule has 0 fully saturated rings. The zero-order valence-corrected chi connectivity index (χ0v) is 23.2. The fourth-order valence-electron chi connectivity index (χ4n) is 3.84. The van der Waals surface area contributed by atoms with Crippen LogP contribution in [0.1, 0.15) is 24.1 Å². The van der Waals surface area contributed by atoms with Crippen LogP contribution in [0.3, 0.4) is 0 Å².